The van der Waals surface area contributed by atoms with Crippen molar-refractivity contribution in [3.05, 3.63) is 0 Å². The van der Waals surface area contributed by atoms with Gasteiger partial charge in [-0.3, -0.25) is 0 Å². The fourth-order valence-electron chi connectivity index (χ4n) is 0.115. The van der Waals surface area contributed by atoms with Gasteiger partial charge in [-0.2, -0.15) is 0 Å². The zero-order chi connectivity index (χ0) is 8.24. The molecule has 4 heteroatoms. The van der Waals surface area contributed by atoms with Crippen molar-refractivity contribution < 1.29 is 15.0 Å². The standard InChI is InChI=1S/C3H5BrO.C3H8O2/c2*4-2-1-3-5/h3H,1-2H2;4-5H,1-3H2. The van der Waals surface area contributed by atoms with Gasteiger partial charge in [0.25, 0.3) is 0 Å². The average Bonchev–Trinajstić information content (AvgIpc) is 1.93. The minimum atomic E-state index is 0.0938. The molecule has 0 radical (unpaired) electrons. The van der Waals surface area contributed by atoms with Crippen molar-refractivity contribution in [1.29, 1.82) is 0 Å². The molecule has 0 aromatic heterocycles. The first-order chi connectivity index (χ1) is 4.83. The van der Waals surface area contributed by atoms with Crippen LogP contribution in [0.15, 0.2) is 0 Å². The van der Waals surface area contributed by atoms with Crippen LogP contribution in [-0.4, -0.2) is 35.0 Å². The summed E-state index contributed by atoms with van der Waals surface area (Å²) in [6.07, 6.45) is 2.01. The number of carbonyl (C=O) groups is 1. The van der Waals surface area contributed by atoms with Crippen LogP contribution in [0.3, 0.4) is 0 Å². The zero-order valence-corrected chi connectivity index (χ0v) is 7.38. The van der Waals surface area contributed by atoms with E-state index >= 15 is 0 Å². The molecular weight excluding hydrogens is 200 g/mol. The van der Waals surface area contributed by atoms with Gasteiger partial charge in [-0.15, -0.1) is 0 Å². The van der Waals surface area contributed by atoms with Gasteiger partial charge in [0.2, 0.25) is 0 Å². The summed E-state index contributed by atoms with van der Waals surface area (Å²) in [5, 5.41) is 16.6. The second kappa shape index (κ2) is 16.0. The summed E-state index contributed by atoms with van der Waals surface area (Å²) in [5.41, 5.74) is 0. The van der Waals surface area contributed by atoms with Gasteiger partial charge >= 0.3 is 0 Å². The predicted molar refractivity (Wildman–Crippen MR) is 43.3 cm³/mol. The molecule has 0 heterocycles. The van der Waals surface area contributed by atoms with Crippen LogP contribution in [0.2, 0.25) is 0 Å². The second-order valence-electron chi connectivity index (χ2n) is 1.45. The Morgan fingerprint density at radius 2 is 1.80 bits per heavy atom. The summed E-state index contributed by atoms with van der Waals surface area (Å²) in [7, 11) is 0. The minimum Gasteiger partial charge on any atom is -0.396 e. The highest BCUT2D eigenvalue weighted by atomic mass is 79.9. The van der Waals surface area contributed by atoms with E-state index in [1.165, 1.54) is 0 Å². The van der Waals surface area contributed by atoms with Gasteiger partial charge in [0.05, 0.1) is 0 Å². The number of halogens is 1. The molecule has 0 amide bonds. The van der Waals surface area contributed by atoms with Crippen LogP contribution in [0, 0.1) is 0 Å². The quantitative estimate of drug-likeness (QED) is 0.522. The topological polar surface area (TPSA) is 57.5 Å². The molecule has 0 aliphatic heterocycles. The molecule has 0 aliphatic rings. The summed E-state index contributed by atoms with van der Waals surface area (Å²) in [5.74, 6) is 0. The highest BCUT2D eigenvalue weighted by Gasteiger charge is 1.70. The van der Waals surface area contributed by atoms with Crippen LogP contribution < -0.4 is 0 Å². The Morgan fingerprint density at radius 1 is 1.30 bits per heavy atom. The third-order valence-electron chi connectivity index (χ3n) is 0.543. The van der Waals surface area contributed by atoms with Gasteiger partial charge in [-0.25, -0.2) is 0 Å². The molecule has 0 spiro atoms. The SMILES string of the molecule is O=CCCBr.OCCCO. The molecule has 0 atom stereocenters. The lowest BCUT2D eigenvalue weighted by Gasteiger charge is -1.79. The number of carbonyl (C=O) groups excluding carboxylic acids is 1. The van der Waals surface area contributed by atoms with E-state index in [-0.39, 0.29) is 13.2 Å². The molecule has 0 saturated heterocycles. The molecule has 3 nitrogen and oxygen atoms in total. The molecule has 0 saturated carbocycles. The van der Waals surface area contributed by atoms with E-state index in [2.05, 4.69) is 15.9 Å². The first kappa shape index (κ1) is 12.7. The summed E-state index contributed by atoms with van der Waals surface area (Å²) in [6, 6.07) is 0. The Labute approximate surface area is 69.2 Å². The summed E-state index contributed by atoms with van der Waals surface area (Å²) in [6.45, 7) is 0.188. The van der Waals surface area contributed by atoms with Gasteiger partial charge in [0, 0.05) is 25.0 Å². The van der Waals surface area contributed by atoms with Crippen LogP contribution in [0.25, 0.3) is 0 Å². The van der Waals surface area contributed by atoms with Crippen LogP contribution in [-0.2, 0) is 4.79 Å². The Hall–Kier alpha value is 0.0700. The molecule has 0 fully saturated rings. The number of aldehydes is 1. The Balaban J connectivity index is 0. The van der Waals surface area contributed by atoms with E-state index in [1.807, 2.05) is 0 Å². The van der Waals surface area contributed by atoms with Crippen LogP contribution in [0.1, 0.15) is 12.8 Å². The summed E-state index contributed by atoms with van der Waals surface area (Å²) >= 11 is 3.08. The van der Waals surface area contributed by atoms with Gasteiger partial charge in [0.15, 0.2) is 0 Å². The van der Waals surface area contributed by atoms with Crippen molar-refractivity contribution in [2.45, 2.75) is 12.8 Å². The molecular formula is C6H13BrO3. The van der Waals surface area contributed by atoms with Crippen molar-refractivity contribution in [1.82, 2.24) is 0 Å². The van der Waals surface area contributed by atoms with E-state index in [4.69, 9.17) is 10.2 Å². The molecule has 2 N–H and O–H groups in total. The Kier molecular flexibility index (Phi) is 20.4. The summed E-state index contributed by atoms with van der Waals surface area (Å²) in [4.78, 5) is 9.37. The van der Waals surface area contributed by atoms with Crippen molar-refractivity contribution in [3.63, 3.8) is 0 Å². The molecule has 0 aromatic rings. The molecule has 0 rings (SSSR count). The lowest BCUT2D eigenvalue weighted by atomic mass is 10.5. The van der Waals surface area contributed by atoms with E-state index in [0.29, 0.717) is 12.8 Å². The normalized spacial score (nSPS) is 7.90. The lowest BCUT2D eigenvalue weighted by Crippen LogP contribution is -1.85. The van der Waals surface area contributed by atoms with E-state index in [9.17, 15) is 4.79 Å². The number of rotatable bonds is 4. The summed E-state index contributed by atoms with van der Waals surface area (Å²) < 4.78 is 0. The number of hydrogen-bond acceptors (Lipinski definition) is 3. The third kappa shape index (κ3) is 24.4. The second-order valence-corrected chi connectivity index (χ2v) is 2.24. The predicted octanol–water partition coefficient (Wildman–Crippen LogP) is 0.331. The van der Waals surface area contributed by atoms with Gasteiger partial charge < -0.3 is 15.0 Å². The highest BCUT2D eigenvalue weighted by molar-refractivity contribution is 9.09. The maximum Gasteiger partial charge on any atom is 0.120 e. The molecule has 62 valence electrons. The molecule has 10 heavy (non-hydrogen) atoms. The zero-order valence-electron chi connectivity index (χ0n) is 5.79. The highest BCUT2D eigenvalue weighted by Crippen LogP contribution is 1.79. The maximum absolute atomic E-state index is 9.37. The van der Waals surface area contributed by atoms with Crippen molar-refractivity contribution >= 4 is 22.2 Å². The van der Waals surface area contributed by atoms with Crippen LogP contribution in [0.5, 0.6) is 0 Å². The minimum absolute atomic E-state index is 0.0938. The molecule has 0 bridgehead atoms. The molecule has 0 aliphatic carbocycles. The number of hydrogen-bond donors (Lipinski definition) is 2. The van der Waals surface area contributed by atoms with Crippen molar-refractivity contribution in [2.75, 3.05) is 18.5 Å². The Morgan fingerprint density at radius 3 is 1.80 bits per heavy atom. The van der Waals surface area contributed by atoms with E-state index in [1.54, 1.807) is 0 Å². The van der Waals surface area contributed by atoms with Gasteiger partial charge in [-0.05, 0) is 6.42 Å². The molecule has 0 aromatic carbocycles. The number of aliphatic hydroxyl groups is 2. The monoisotopic (exact) mass is 212 g/mol. The van der Waals surface area contributed by atoms with E-state index < -0.39 is 0 Å². The first-order valence-electron chi connectivity index (χ1n) is 3.04. The number of aliphatic hydroxyl groups excluding tert-OH is 2. The Bertz CT molecular complexity index is 57.0. The smallest absolute Gasteiger partial charge is 0.120 e. The third-order valence-corrected chi connectivity index (χ3v) is 1.00. The molecule has 0 unspecified atom stereocenters. The van der Waals surface area contributed by atoms with Crippen molar-refractivity contribution in [3.8, 4) is 0 Å². The lowest BCUT2D eigenvalue weighted by molar-refractivity contribution is -0.107. The largest absolute Gasteiger partial charge is 0.396 e. The van der Waals surface area contributed by atoms with E-state index in [0.717, 1.165) is 11.6 Å². The fourth-order valence-corrected chi connectivity index (χ4v) is 0.302. The first-order valence-corrected chi connectivity index (χ1v) is 4.17. The maximum atomic E-state index is 9.37. The van der Waals surface area contributed by atoms with Crippen molar-refractivity contribution in [2.24, 2.45) is 0 Å². The van der Waals surface area contributed by atoms with Gasteiger partial charge in [0.1, 0.15) is 6.29 Å². The van der Waals surface area contributed by atoms with Crippen LogP contribution >= 0.6 is 15.9 Å². The number of alkyl halides is 1. The average molecular weight is 213 g/mol. The fraction of sp³-hybridized carbons (Fsp3) is 0.833. The van der Waals surface area contributed by atoms with Gasteiger partial charge in [-0.1, -0.05) is 15.9 Å². The van der Waals surface area contributed by atoms with Crippen LogP contribution in [0.4, 0.5) is 0 Å².